The summed E-state index contributed by atoms with van der Waals surface area (Å²) in [6, 6.07) is 10.9. The quantitative estimate of drug-likeness (QED) is 0.835. The first-order valence-corrected chi connectivity index (χ1v) is 7.28. The van der Waals surface area contributed by atoms with Gasteiger partial charge in [-0.25, -0.2) is 0 Å². The summed E-state index contributed by atoms with van der Waals surface area (Å²) in [4.78, 5) is 0. The van der Waals surface area contributed by atoms with Crippen molar-refractivity contribution in [2.45, 2.75) is 25.9 Å². The van der Waals surface area contributed by atoms with E-state index in [-0.39, 0.29) is 6.04 Å². The van der Waals surface area contributed by atoms with E-state index in [0.29, 0.717) is 0 Å². The van der Waals surface area contributed by atoms with E-state index in [2.05, 4.69) is 74.9 Å². The van der Waals surface area contributed by atoms with Gasteiger partial charge in [-0.05, 0) is 59.8 Å². The zero-order valence-electron chi connectivity index (χ0n) is 10.7. The van der Waals surface area contributed by atoms with Gasteiger partial charge >= 0.3 is 0 Å². The van der Waals surface area contributed by atoms with Crippen LogP contribution in [0.4, 0.5) is 0 Å². The molecule has 1 atom stereocenters. The lowest BCUT2D eigenvalue weighted by molar-refractivity contribution is 0.534. The van der Waals surface area contributed by atoms with Gasteiger partial charge in [0.2, 0.25) is 0 Å². The third-order valence-corrected chi connectivity index (χ3v) is 3.69. The minimum Gasteiger partial charge on any atom is -0.308 e. The lowest BCUT2D eigenvalue weighted by Gasteiger charge is -2.18. The molecule has 1 heterocycles. The van der Waals surface area contributed by atoms with E-state index < -0.39 is 0 Å². The Morgan fingerprint density at radius 1 is 1.28 bits per heavy atom. The molecule has 2 aromatic rings. The SMILES string of the molecule is CCCn1nccc1C(NC)c1ccc(I)cc1. The molecule has 0 fully saturated rings. The van der Waals surface area contributed by atoms with Crippen LogP contribution in [0.3, 0.4) is 0 Å². The van der Waals surface area contributed by atoms with Crippen LogP contribution in [0.15, 0.2) is 36.5 Å². The van der Waals surface area contributed by atoms with Crippen LogP contribution in [0.2, 0.25) is 0 Å². The fourth-order valence-corrected chi connectivity index (χ4v) is 2.49. The first kappa shape index (κ1) is 13.5. The molecule has 18 heavy (non-hydrogen) atoms. The number of nitrogens with one attached hydrogen (secondary N) is 1. The number of halogens is 1. The molecule has 3 nitrogen and oxygen atoms in total. The highest BCUT2D eigenvalue weighted by Crippen LogP contribution is 2.22. The zero-order valence-corrected chi connectivity index (χ0v) is 12.9. The number of aryl methyl sites for hydroxylation is 1. The summed E-state index contributed by atoms with van der Waals surface area (Å²) in [7, 11) is 1.99. The molecule has 1 unspecified atom stereocenters. The van der Waals surface area contributed by atoms with Crippen molar-refractivity contribution in [2.75, 3.05) is 7.05 Å². The molecule has 0 aliphatic heterocycles. The van der Waals surface area contributed by atoms with E-state index in [0.717, 1.165) is 13.0 Å². The fourth-order valence-electron chi connectivity index (χ4n) is 2.13. The van der Waals surface area contributed by atoms with Crippen molar-refractivity contribution in [1.82, 2.24) is 15.1 Å². The Morgan fingerprint density at radius 2 is 2.00 bits per heavy atom. The zero-order chi connectivity index (χ0) is 13.0. The molecular weight excluding hydrogens is 337 g/mol. The fraction of sp³-hybridized carbons (Fsp3) is 0.357. The van der Waals surface area contributed by atoms with Crippen molar-refractivity contribution in [3.8, 4) is 0 Å². The Bertz CT molecular complexity index is 490. The van der Waals surface area contributed by atoms with Gasteiger partial charge in [0.1, 0.15) is 0 Å². The molecule has 1 aromatic heterocycles. The summed E-state index contributed by atoms with van der Waals surface area (Å²) in [6.07, 6.45) is 2.97. The number of hydrogen-bond acceptors (Lipinski definition) is 2. The highest BCUT2D eigenvalue weighted by Gasteiger charge is 2.15. The van der Waals surface area contributed by atoms with Crippen molar-refractivity contribution < 1.29 is 0 Å². The maximum atomic E-state index is 4.39. The van der Waals surface area contributed by atoms with E-state index in [4.69, 9.17) is 0 Å². The summed E-state index contributed by atoms with van der Waals surface area (Å²) in [6.45, 7) is 3.13. The normalized spacial score (nSPS) is 12.6. The van der Waals surface area contributed by atoms with Crippen molar-refractivity contribution >= 4 is 22.6 Å². The van der Waals surface area contributed by atoms with Crippen LogP contribution >= 0.6 is 22.6 Å². The molecule has 0 radical (unpaired) electrons. The van der Waals surface area contributed by atoms with Gasteiger partial charge in [0, 0.05) is 16.3 Å². The molecule has 0 aliphatic rings. The third kappa shape index (κ3) is 2.92. The molecule has 96 valence electrons. The molecule has 4 heteroatoms. The van der Waals surface area contributed by atoms with Crippen molar-refractivity contribution in [3.05, 3.63) is 51.4 Å². The number of nitrogens with zero attached hydrogens (tertiary/aromatic N) is 2. The summed E-state index contributed by atoms with van der Waals surface area (Å²) in [5.41, 5.74) is 2.50. The van der Waals surface area contributed by atoms with Crippen LogP contribution in [0.25, 0.3) is 0 Å². The monoisotopic (exact) mass is 355 g/mol. The van der Waals surface area contributed by atoms with Gasteiger partial charge < -0.3 is 5.32 Å². The Hall–Kier alpha value is -0.880. The highest BCUT2D eigenvalue weighted by molar-refractivity contribution is 14.1. The maximum absolute atomic E-state index is 4.39. The van der Waals surface area contributed by atoms with E-state index in [1.54, 1.807) is 0 Å². The van der Waals surface area contributed by atoms with Gasteiger partial charge in [-0.3, -0.25) is 4.68 Å². The summed E-state index contributed by atoms with van der Waals surface area (Å²) >= 11 is 2.33. The van der Waals surface area contributed by atoms with Crippen LogP contribution in [0, 0.1) is 3.57 Å². The smallest absolute Gasteiger partial charge is 0.0745 e. The van der Waals surface area contributed by atoms with E-state index in [1.165, 1.54) is 14.8 Å². The molecule has 0 amide bonds. The number of hydrogen-bond donors (Lipinski definition) is 1. The average molecular weight is 355 g/mol. The van der Waals surface area contributed by atoms with E-state index in [9.17, 15) is 0 Å². The summed E-state index contributed by atoms with van der Waals surface area (Å²) in [5, 5.41) is 7.77. The molecule has 0 aliphatic carbocycles. The second-order valence-electron chi connectivity index (χ2n) is 4.25. The third-order valence-electron chi connectivity index (χ3n) is 2.97. The van der Waals surface area contributed by atoms with Crippen molar-refractivity contribution in [3.63, 3.8) is 0 Å². The molecule has 0 spiro atoms. The second kappa shape index (κ2) is 6.33. The van der Waals surface area contributed by atoms with Crippen LogP contribution in [0.1, 0.15) is 30.6 Å². The van der Waals surface area contributed by atoms with Crippen molar-refractivity contribution in [1.29, 1.82) is 0 Å². The Labute approximate surface area is 122 Å². The Kier molecular flexibility index (Phi) is 4.77. The van der Waals surface area contributed by atoms with Gasteiger partial charge in [-0.2, -0.15) is 5.10 Å². The van der Waals surface area contributed by atoms with Crippen LogP contribution in [-0.2, 0) is 6.54 Å². The van der Waals surface area contributed by atoms with Crippen LogP contribution in [-0.4, -0.2) is 16.8 Å². The molecule has 0 saturated heterocycles. The Balaban J connectivity index is 2.32. The van der Waals surface area contributed by atoms with Gasteiger partial charge in [0.05, 0.1) is 11.7 Å². The first-order chi connectivity index (χ1) is 8.76. The molecule has 1 aromatic carbocycles. The highest BCUT2D eigenvalue weighted by atomic mass is 127. The Morgan fingerprint density at radius 3 is 2.61 bits per heavy atom. The van der Waals surface area contributed by atoms with Crippen LogP contribution < -0.4 is 5.32 Å². The predicted molar refractivity (Wildman–Crippen MR) is 82.6 cm³/mol. The number of benzene rings is 1. The molecule has 1 N–H and O–H groups in total. The number of rotatable bonds is 5. The minimum atomic E-state index is 0.205. The van der Waals surface area contributed by atoms with Gasteiger partial charge in [-0.1, -0.05) is 19.1 Å². The molecule has 2 rings (SSSR count). The topological polar surface area (TPSA) is 29.9 Å². The van der Waals surface area contributed by atoms with Gasteiger partial charge in [0.15, 0.2) is 0 Å². The predicted octanol–water partition coefficient (Wildman–Crippen LogP) is 3.21. The maximum Gasteiger partial charge on any atom is 0.0745 e. The van der Waals surface area contributed by atoms with E-state index in [1.807, 2.05) is 13.2 Å². The van der Waals surface area contributed by atoms with Gasteiger partial charge in [-0.15, -0.1) is 0 Å². The number of aromatic nitrogens is 2. The summed E-state index contributed by atoms with van der Waals surface area (Å²) in [5.74, 6) is 0. The van der Waals surface area contributed by atoms with Crippen LogP contribution in [0.5, 0.6) is 0 Å². The largest absolute Gasteiger partial charge is 0.308 e. The molecule has 0 bridgehead atoms. The lowest BCUT2D eigenvalue weighted by Crippen LogP contribution is -2.21. The minimum absolute atomic E-state index is 0.205. The standard InChI is InChI=1S/C14H18IN3/c1-3-10-18-13(8-9-17-18)14(16-2)11-4-6-12(15)7-5-11/h4-9,14,16H,3,10H2,1-2H3. The van der Waals surface area contributed by atoms with E-state index >= 15 is 0 Å². The average Bonchev–Trinajstić information content (AvgIpc) is 2.82. The molecular formula is C14H18IN3. The second-order valence-corrected chi connectivity index (χ2v) is 5.50. The lowest BCUT2D eigenvalue weighted by atomic mass is 10.0. The summed E-state index contributed by atoms with van der Waals surface area (Å²) < 4.78 is 3.34. The molecule has 0 saturated carbocycles. The van der Waals surface area contributed by atoms with Gasteiger partial charge in [0.25, 0.3) is 0 Å². The van der Waals surface area contributed by atoms with Crippen molar-refractivity contribution in [2.24, 2.45) is 0 Å². The first-order valence-electron chi connectivity index (χ1n) is 6.20.